The van der Waals surface area contributed by atoms with Gasteiger partial charge in [0.05, 0.1) is 0 Å². The molecule has 0 unspecified atom stereocenters. The summed E-state index contributed by atoms with van der Waals surface area (Å²) in [5.74, 6) is 0.0171. The van der Waals surface area contributed by atoms with E-state index < -0.39 is 0 Å². The SMILES string of the molecule is CN(C)C(=O)c1ccccc1-c1ccccc1-c1ccccc1. The second kappa shape index (κ2) is 6.49. The molecule has 3 aromatic rings. The van der Waals surface area contributed by atoms with Crippen LogP contribution in [0.4, 0.5) is 0 Å². The molecule has 114 valence electrons. The summed E-state index contributed by atoms with van der Waals surface area (Å²) in [6, 6.07) is 26.3. The standard InChI is InChI=1S/C21H19NO/c1-22(2)21(23)20-15-9-8-14-19(20)18-13-7-6-12-17(18)16-10-4-3-5-11-16/h3-15H,1-2H3. The van der Waals surface area contributed by atoms with Crippen LogP contribution in [0, 0.1) is 0 Å². The molecule has 3 aromatic carbocycles. The quantitative estimate of drug-likeness (QED) is 0.685. The molecule has 0 N–H and O–H groups in total. The number of benzene rings is 3. The molecule has 0 saturated carbocycles. The van der Waals surface area contributed by atoms with E-state index in [9.17, 15) is 4.79 Å². The zero-order valence-corrected chi connectivity index (χ0v) is 13.4. The number of hydrogen-bond acceptors (Lipinski definition) is 1. The second-order valence-electron chi connectivity index (χ2n) is 5.66. The molecule has 0 bridgehead atoms. The molecule has 0 radical (unpaired) electrons. The van der Waals surface area contributed by atoms with E-state index >= 15 is 0 Å². The van der Waals surface area contributed by atoms with Crippen molar-refractivity contribution >= 4 is 5.91 Å². The zero-order valence-electron chi connectivity index (χ0n) is 13.4. The molecule has 1 amide bonds. The van der Waals surface area contributed by atoms with Gasteiger partial charge in [0, 0.05) is 19.7 Å². The monoisotopic (exact) mass is 301 g/mol. The molecule has 0 spiro atoms. The van der Waals surface area contributed by atoms with Crippen molar-refractivity contribution < 1.29 is 4.79 Å². The predicted octanol–water partition coefficient (Wildman–Crippen LogP) is 4.72. The van der Waals surface area contributed by atoms with Crippen LogP contribution >= 0.6 is 0 Å². The second-order valence-corrected chi connectivity index (χ2v) is 5.66. The highest BCUT2D eigenvalue weighted by molar-refractivity contribution is 6.02. The van der Waals surface area contributed by atoms with Crippen molar-refractivity contribution in [2.75, 3.05) is 14.1 Å². The molecule has 2 heteroatoms. The third-order valence-electron chi connectivity index (χ3n) is 3.87. The summed E-state index contributed by atoms with van der Waals surface area (Å²) >= 11 is 0. The fourth-order valence-corrected chi connectivity index (χ4v) is 2.73. The van der Waals surface area contributed by atoms with E-state index in [2.05, 4.69) is 24.3 Å². The van der Waals surface area contributed by atoms with E-state index in [4.69, 9.17) is 0 Å². The van der Waals surface area contributed by atoms with Gasteiger partial charge in [0.2, 0.25) is 0 Å². The van der Waals surface area contributed by atoms with E-state index in [0.717, 1.165) is 27.8 Å². The van der Waals surface area contributed by atoms with Crippen LogP contribution in [0.2, 0.25) is 0 Å². The maximum Gasteiger partial charge on any atom is 0.253 e. The smallest absolute Gasteiger partial charge is 0.253 e. The largest absolute Gasteiger partial charge is 0.345 e. The number of carbonyl (C=O) groups excluding carboxylic acids is 1. The average Bonchev–Trinajstić information content (AvgIpc) is 2.62. The lowest BCUT2D eigenvalue weighted by atomic mass is 9.91. The van der Waals surface area contributed by atoms with Crippen LogP contribution in [0.3, 0.4) is 0 Å². The maximum atomic E-state index is 12.5. The Hall–Kier alpha value is -2.87. The van der Waals surface area contributed by atoms with Gasteiger partial charge in [-0.15, -0.1) is 0 Å². The summed E-state index contributed by atoms with van der Waals surface area (Å²) in [6.45, 7) is 0. The number of carbonyl (C=O) groups is 1. The summed E-state index contributed by atoms with van der Waals surface area (Å²) in [7, 11) is 3.56. The topological polar surface area (TPSA) is 20.3 Å². The predicted molar refractivity (Wildman–Crippen MR) is 95.3 cm³/mol. The minimum Gasteiger partial charge on any atom is -0.345 e. The third kappa shape index (κ3) is 3.02. The summed E-state index contributed by atoms with van der Waals surface area (Å²) in [5.41, 5.74) is 5.04. The van der Waals surface area contributed by atoms with E-state index in [-0.39, 0.29) is 5.91 Å². The Morgan fingerprint density at radius 2 is 1.17 bits per heavy atom. The van der Waals surface area contributed by atoms with Crippen LogP contribution in [0.5, 0.6) is 0 Å². The Bertz CT molecular complexity index is 822. The van der Waals surface area contributed by atoms with Crippen molar-refractivity contribution in [1.82, 2.24) is 4.90 Å². The van der Waals surface area contributed by atoms with Crippen LogP contribution in [0.25, 0.3) is 22.3 Å². The number of amides is 1. The van der Waals surface area contributed by atoms with E-state index in [1.807, 2.05) is 54.6 Å². The first kappa shape index (κ1) is 15.0. The Balaban J connectivity index is 2.20. The molecule has 0 atom stereocenters. The van der Waals surface area contributed by atoms with E-state index in [0.29, 0.717) is 0 Å². The number of nitrogens with zero attached hydrogens (tertiary/aromatic N) is 1. The Morgan fingerprint density at radius 3 is 1.83 bits per heavy atom. The van der Waals surface area contributed by atoms with Gasteiger partial charge >= 0.3 is 0 Å². The number of hydrogen-bond donors (Lipinski definition) is 0. The highest BCUT2D eigenvalue weighted by atomic mass is 16.2. The average molecular weight is 301 g/mol. The highest BCUT2D eigenvalue weighted by Gasteiger charge is 2.16. The molecule has 0 heterocycles. The van der Waals surface area contributed by atoms with Crippen LogP contribution in [0.15, 0.2) is 78.9 Å². The normalized spacial score (nSPS) is 10.3. The van der Waals surface area contributed by atoms with Gasteiger partial charge in [-0.1, -0.05) is 72.8 Å². The van der Waals surface area contributed by atoms with Crippen LogP contribution in [0.1, 0.15) is 10.4 Å². The summed E-state index contributed by atoms with van der Waals surface area (Å²) in [5, 5.41) is 0. The molecule has 0 aliphatic heterocycles. The van der Waals surface area contributed by atoms with Gasteiger partial charge in [0.1, 0.15) is 0 Å². The zero-order chi connectivity index (χ0) is 16.2. The molecular formula is C21H19NO. The van der Waals surface area contributed by atoms with E-state index in [1.54, 1.807) is 19.0 Å². The minimum absolute atomic E-state index is 0.0171. The fourth-order valence-electron chi connectivity index (χ4n) is 2.73. The molecular weight excluding hydrogens is 282 g/mol. The van der Waals surface area contributed by atoms with E-state index in [1.165, 1.54) is 0 Å². The first-order valence-corrected chi connectivity index (χ1v) is 7.64. The molecule has 0 saturated heterocycles. The van der Waals surface area contributed by atoms with Crippen LogP contribution in [-0.2, 0) is 0 Å². The molecule has 2 nitrogen and oxygen atoms in total. The van der Waals surface area contributed by atoms with Crippen LogP contribution < -0.4 is 0 Å². The number of rotatable bonds is 3. The van der Waals surface area contributed by atoms with Gasteiger partial charge in [-0.05, 0) is 28.3 Å². The lowest BCUT2D eigenvalue weighted by Crippen LogP contribution is -2.22. The van der Waals surface area contributed by atoms with Gasteiger partial charge in [0.15, 0.2) is 0 Å². The third-order valence-corrected chi connectivity index (χ3v) is 3.87. The molecule has 0 aliphatic carbocycles. The van der Waals surface area contributed by atoms with Crippen molar-refractivity contribution in [3.63, 3.8) is 0 Å². The molecule has 23 heavy (non-hydrogen) atoms. The molecule has 0 fully saturated rings. The van der Waals surface area contributed by atoms with Crippen molar-refractivity contribution in [2.24, 2.45) is 0 Å². The molecule has 3 rings (SSSR count). The maximum absolute atomic E-state index is 12.5. The van der Waals surface area contributed by atoms with Crippen molar-refractivity contribution in [2.45, 2.75) is 0 Å². The summed E-state index contributed by atoms with van der Waals surface area (Å²) in [6.07, 6.45) is 0. The van der Waals surface area contributed by atoms with Crippen molar-refractivity contribution in [1.29, 1.82) is 0 Å². The lowest BCUT2D eigenvalue weighted by molar-refractivity contribution is 0.0828. The lowest BCUT2D eigenvalue weighted by Gasteiger charge is -2.16. The molecule has 0 aromatic heterocycles. The Morgan fingerprint density at radius 1 is 0.652 bits per heavy atom. The van der Waals surface area contributed by atoms with Gasteiger partial charge in [-0.3, -0.25) is 4.79 Å². The summed E-state index contributed by atoms with van der Waals surface area (Å²) in [4.78, 5) is 14.1. The first-order valence-electron chi connectivity index (χ1n) is 7.64. The fraction of sp³-hybridized carbons (Fsp3) is 0.0952. The van der Waals surface area contributed by atoms with Crippen LogP contribution in [-0.4, -0.2) is 24.9 Å². The van der Waals surface area contributed by atoms with Gasteiger partial charge in [-0.2, -0.15) is 0 Å². The van der Waals surface area contributed by atoms with Crippen molar-refractivity contribution in [3.8, 4) is 22.3 Å². The Labute approximate surface area is 137 Å². The summed E-state index contributed by atoms with van der Waals surface area (Å²) < 4.78 is 0. The molecule has 0 aliphatic rings. The van der Waals surface area contributed by atoms with Gasteiger partial charge in [-0.25, -0.2) is 0 Å². The minimum atomic E-state index is 0.0171. The van der Waals surface area contributed by atoms with Gasteiger partial charge in [0.25, 0.3) is 5.91 Å². The van der Waals surface area contributed by atoms with Crippen molar-refractivity contribution in [3.05, 3.63) is 84.4 Å². The Kier molecular flexibility index (Phi) is 4.24. The highest BCUT2D eigenvalue weighted by Crippen LogP contribution is 2.34. The first-order chi connectivity index (χ1) is 11.2. The van der Waals surface area contributed by atoms with Gasteiger partial charge < -0.3 is 4.90 Å².